The Labute approximate surface area is 150 Å². The summed E-state index contributed by atoms with van der Waals surface area (Å²) in [4.78, 5) is 15.2. The number of benzene rings is 2. The maximum Gasteiger partial charge on any atom is 0.254 e. The summed E-state index contributed by atoms with van der Waals surface area (Å²) in [7, 11) is 0. The van der Waals surface area contributed by atoms with E-state index in [0.717, 1.165) is 11.1 Å². The molecule has 1 unspecified atom stereocenters. The van der Waals surface area contributed by atoms with Crippen LogP contribution in [0.3, 0.4) is 0 Å². The van der Waals surface area contributed by atoms with Crippen molar-refractivity contribution in [1.29, 1.82) is 0 Å². The van der Waals surface area contributed by atoms with Crippen molar-refractivity contribution in [2.45, 2.75) is 39.3 Å². The van der Waals surface area contributed by atoms with E-state index in [-0.39, 0.29) is 24.4 Å². The molecule has 0 bridgehead atoms. The van der Waals surface area contributed by atoms with Gasteiger partial charge >= 0.3 is 0 Å². The number of amides is 1. The van der Waals surface area contributed by atoms with Gasteiger partial charge in [0.2, 0.25) is 0 Å². The molecule has 24 heavy (non-hydrogen) atoms. The van der Waals surface area contributed by atoms with Crippen LogP contribution in [0.1, 0.15) is 41.3 Å². The van der Waals surface area contributed by atoms with Crippen LogP contribution in [0.25, 0.3) is 0 Å². The monoisotopic (exact) mass is 344 g/mol. The number of hydrogen-bond donors (Lipinski definition) is 1. The quantitative estimate of drug-likeness (QED) is 0.815. The molecule has 1 atom stereocenters. The van der Waals surface area contributed by atoms with Gasteiger partial charge in [-0.05, 0) is 55.9 Å². The van der Waals surface area contributed by atoms with Crippen molar-refractivity contribution in [2.24, 2.45) is 5.92 Å². The van der Waals surface area contributed by atoms with Crippen LogP contribution in [0.5, 0.6) is 0 Å². The zero-order valence-corrected chi connectivity index (χ0v) is 15.1. The lowest BCUT2D eigenvalue weighted by molar-refractivity contribution is 0.0653. The van der Waals surface area contributed by atoms with Crippen LogP contribution < -0.4 is 5.73 Å². The van der Waals surface area contributed by atoms with Crippen LogP contribution in [0.2, 0.25) is 0 Å². The lowest BCUT2D eigenvalue weighted by Gasteiger charge is -2.30. The van der Waals surface area contributed by atoms with Crippen molar-refractivity contribution in [3.05, 3.63) is 65.2 Å². The van der Waals surface area contributed by atoms with Gasteiger partial charge in [0.15, 0.2) is 0 Å². The molecule has 1 aliphatic rings. The van der Waals surface area contributed by atoms with Crippen molar-refractivity contribution in [3.63, 3.8) is 0 Å². The van der Waals surface area contributed by atoms with Crippen LogP contribution in [0, 0.1) is 12.8 Å². The average Bonchev–Trinajstić information content (AvgIpc) is 3.39. The van der Waals surface area contributed by atoms with Gasteiger partial charge in [0.25, 0.3) is 5.91 Å². The van der Waals surface area contributed by atoms with Crippen molar-refractivity contribution < 1.29 is 4.79 Å². The van der Waals surface area contributed by atoms with Gasteiger partial charge in [-0.1, -0.05) is 36.4 Å². The highest BCUT2D eigenvalue weighted by Gasteiger charge is 2.35. The van der Waals surface area contributed by atoms with E-state index in [9.17, 15) is 4.79 Å². The molecule has 128 valence electrons. The minimum atomic E-state index is 0. The number of anilines is 1. The van der Waals surface area contributed by atoms with E-state index in [1.807, 2.05) is 42.2 Å². The van der Waals surface area contributed by atoms with Crippen LogP contribution in [0.15, 0.2) is 48.5 Å². The topological polar surface area (TPSA) is 46.3 Å². The fourth-order valence-corrected chi connectivity index (χ4v) is 3.04. The first kappa shape index (κ1) is 18.3. The minimum Gasteiger partial charge on any atom is -0.399 e. The van der Waals surface area contributed by atoms with E-state index in [2.05, 4.69) is 19.1 Å². The summed E-state index contributed by atoms with van der Waals surface area (Å²) in [6.07, 6.45) is 2.44. The molecule has 1 fully saturated rings. The highest BCUT2D eigenvalue weighted by atomic mass is 35.5. The molecule has 0 radical (unpaired) electrons. The third-order valence-electron chi connectivity index (χ3n) is 4.74. The molecule has 1 amide bonds. The molecule has 0 spiro atoms. The number of nitrogens with two attached hydrogens (primary N) is 1. The minimum absolute atomic E-state index is 0. The first-order valence-electron chi connectivity index (χ1n) is 8.27. The van der Waals surface area contributed by atoms with Gasteiger partial charge < -0.3 is 10.6 Å². The second kappa shape index (κ2) is 7.71. The summed E-state index contributed by atoms with van der Waals surface area (Å²) in [6, 6.07) is 16.0. The van der Waals surface area contributed by atoms with Gasteiger partial charge in [-0.3, -0.25) is 4.79 Å². The Hall–Kier alpha value is -2.00. The van der Waals surface area contributed by atoms with E-state index in [4.69, 9.17) is 5.73 Å². The molecule has 0 aliphatic heterocycles. The number of rotatable bonds is 5. The predicted molar refractivity (Wildman–Crippen MR) is 101 cm³/mol. The first-order chi connectivity index (χ1) is 11.1. The summed E-state index contributed by atoms with van der Waals surface area (Å²) < 4.78 is 0. The Morgan fingerprint density at radius 1 is 1.21 bits per heavy atom. The summed E-state index contributed by atoms with van der Waals surface area (Å²) in [6.45, 7) is 4.78. The van der Waals surface area contributed by atoms with E-state index >= 15 is 0 Å². The van der Waals surface area contributed by atoms with E-state index in [1.165, 1.54) is 12.8 Å². The molecule has 3 rings (SSSR count). The Morgan fingerprint density at radius 3 is 2.50 bits per heavy atom. The van der Waals surface area contributed by atoms with E-state index < -0.39 is 0 Å². The number of halogens is 1. The van der Waals surface area contributed by atoms with Crippen LogP contribution in [-0.4, -0.2) is 16.8 Å². The smallest absolute Gasteiger partial charge is 0.254 e. The van der Waals surface area contributed by atoms with Crippen molar-refractivity contribution in [1.82, 2.24) is 4.90 Å². The molecule has 2 N–H and O–H groups in total. The van der Waals surface area contributed by atoms with Gasteiger partial charge in [0.1, 0.15) is 0 Å². The molecule has 0 aromatic heterocycles. The molecule has 4 heteroatoms. The van der Waals surface area contributed by atoms with E-state index in [0.29, 0.717) is 23.7 Å². The molecule has 2 aromatic carbocycles. The first-order valence-corrected chi connectivity index (χ1v) is 8.27. The summed E-state index contributed by atoms with van der Waals surface area (Å²) >= 11 is 0. The van der Waals surface area contributed by atoms with Gasteiger partial charge in [-0.25, -0.2) is 0 Å². The number of nitrogens with zero attached hydrogens (tertiary/aromatic N) is 1. The van der Waals surface area contributed by atoms with Crippen LogP contribution in [0.4, 0.5) is 5.69 Å². The maximum atomic E-state index is 13.2. The Bertz CT molecular complexity index is 698. The van der Waals surface area contributed by atoms with E-state index in [1.54, 1.807) is 6.07 Å². The number of nitrogen functional groups attached to an aromatic ring is 1. The number of hydrogen-bond acceptors (Lipinski definition) is 2. The fourth-order valence-electron chi connectivity index (χ4n) is 3.04. The van der Waals surface area contributed by atoms with Gasteiger partial charge in [-0.2, -0.15) is 0 Å². The third kappa shape index (κ3) is 4.09. The summed E-state index contributed by atoms with van der Waals surface area (Å²) in [5, 5.41) is 0. The molecule has 1 saturated carbocycles. The lowest BCUT2D eigenvalue weighted by Crippen LogP contribution is -2.39. The normalized spacial score (nSPS) is 14.6. The Morgan fingerprint density at radius 2 is 1.88 bits per heavy atom. The van der Waals surface area contributed by atoms with Crippen molar-refractivity contribution in [3.8, 4) is 0 Å². The van der Waals surface area contributed by atoms with Gasteiger partial charge in [0.05, 0.1) is 0 Å². The number of aryl methyl sites for hydroxylation is 1. The fraction of sp³-hybridized carbons (Fsp3) is 0.350. The average molecular weight is 345 g/mol. The zero-order chi connectivity index (χ0) is 16.4. The molecular formula is C20H25ClN2O. The van der Waals surface area contributed by atoms with Gasteiger partial charge in [-0.15, -0.1) is 12.4 Å². The second-order valence-electron chi connectivity index (χ2n) is 6.57. The zero-order valence-electron chi connectivity index (χ0n) is 14.2. The SMILES string of the molecule is Cc1ccc(N)cc1C(=O)N(Cc1ccccc1)C(C)C1CC1.Cl. The molecule has 2 aromatic rings. The molecule has 0 heterocycles. The van der Waals surface area contributed by atoms with Crippen LogP contribution >= 0.6 is 12.4 Å². The van der Waals surface area contributed by atoms with Crippen molar-refractivity contribution >= 4 is 24.0 Å². The summed E-state index contributed by atoms with van der Waals surface area (Å²) in [5.74, 6) is 0.710. The Balaban J connectivity index is 0.00000208. The predicted octanol–water partition coefficient (Wildman–Crippen LogP) is 4.44. The number of carbonyl (C=O) groups is 1. The number of carbonyl (C=O) groups excluding carboxylic acids is 1. The molecule has 1 aliphatic carbocycles. The highest BCUT2D eigenvalue weighted by Crippen LogP contribution is 2.36. The van der Waals surface area contributed by atoms with Crippen LogP contribution in [-0.2, 0) is 6.54 Å². The van der Waals surface area contributed by atoms with Gasteiger partial charge in [0, 0.05) is 23.8 Å². The standard InChI is InChI=1S/C20H24N2O.ClH/c1-14-8-11-18(21)12-19(14)20(23)22(15(2)17-9-10-17)13-16-6-4-3-5-7-16;/h3-8,11-12,15,17H,9-10,13,21H2,1-2H3;1H. The molecular weight excluding hydrogens is 320 g/mol. The van der Waals surface area contributed by atoms with Crippen molar-refractivity contribution in [2.75, 3.05) is 5.73 Å². The largest absolute Gasteiger partial charge is 0.399 e. The lowest BCUT2D eigenvalue weighted by atomic mass is 10.0. The molecule has 3 nitrogen and oxygen atoms in total. The maximum absolute atomic E-state index is 13.2. The molecule has 0 saturated heterocycles. The Kier molecular flexibility index (Phi) is 5.89. The summed E-state index contributed by atoms with van der Waals surface area (Å²) in [5.41, 5.74) is 9.39. The third-order valence-corrected chi connectivity index (χ3v) is 4.74. The second-order valence-corrected chi connectivity index (χ2v) is 6.57. The highest BCUT2D eigenvalue weighted by molar-refractivity contribution is 5.96.